The Kier molecular flexibility index (Phi) is 4.97. The van der Waals surface area contributed by atoms with Crippen LogP contribution in [0.4, 0.5) is 5.69 Å². The van der Waals surface area contributed by atoms with E-state index < -0.39 is 0 Å². The van der Waals surface area contributed by atoms with Crippen molar-refractivity contribution in [2.24, 2.45) is 5.92 Å². The SMILES string of the molecule is CCC1CCCC(Nc2ccc(Cl)cc2I)C1. The van der Waals surface area contributed by atoms with E-state index in [-0.39, 0.29) is 0 Å². The quantitative estimate of drug-likeness (QED) is 0.716. The second-order valence-corrected chi connectivity index (χ2v) is 6.50. The first-order valence-corrected chi connectivity index (χ1v) is 7.86. The van der Waals surface area contributed by atoms with Gasteiger partial charge in [-0.1, -0.05) is 37.8 Å². The molecule has 3 heteroatoms. The molecule has 0 amide bonds. The molecule has 0 aliphatic heterocycles. The predicted octanol–water partition coefficient (Wildman–Crippen LogP) is 5.33. The van der Waals surface area contributed by atoms with E-state index in [0.717, 1.165) is 10.9 Å². The zero-order chi connectivity index (χ0) is 12.3. The first-order chi connectivity index (χ1) is 8.19. The summed E-state index contributed by atoms with van der Waals surface area (Å²) < 4.78 is 1.22. The van der Waals surface area contributed by atoms with Crippen LogP contribution in [-0.2, 0) is 0 Å². The maximum absolute atomic E-state index is 5.97. The van der Waals surface area contributed by atoms with Gasteiger partial charge in [0.15, 0.2) is 0 Å². The number of halogens is 2. The molecule has 1 N–H and O–H groups in total. The highest BCUT2D eigenvalue weighted by molar-refractivity contribution is 14.1. The van der Waals surface area contributed by atoms with E-state index in [1.54, 1.807) is 0 Å². The maximum atomic E-state index is 5.97. The molecule has 0 spiro atoms. The summed E-state index contributed by atoms with van der Waals surface area (Å²) in [5.74, 6) is 0.909. The molecule has 0 heterocycles. The molecular formula is C14H19ClIN. The number of benzene rings is 1. The molecule has 0 radical (unpaired) electrons. The fourth-order valence-corrected chi connectivity index (χ4v) is 3.65. The van der Waals surface area contributed by atoms with Crippen LogP contribution in [0.1, 0.15) is 39.0 Å². The lowest BCUT2D eigenvalue weighted by Gasteiger charge is -2.30. The minimum Gasteiger partial charge on any atom is -0.381 e. The standard InChI is InChI=1S/C14H19ClIN/c1-2-10-4-3-5-12(8-10)17-14-7-6-11(15)9-13(14)16/h6-7,9-10,12,17H,2-5,8H2,1H3. The molecule has 0 bridgehead atoms. The first-order valence-electron chi connectivity index (χ1n) is 6.40. The average molecular weight is 364 g/mol. The van der Waals surface area contributed by atoms with Crippen LogP contribution < -0.4 is 5.32 Å². The van der Waals surface area contributed by atoms with Gasteiger partial charge in [-0.25, -0.2) is 0 Å². The Balaban J connectivity index is 2.00. The van der Waals surface area contributed by atoms with Crippen molar-refractivity contribution in [3.05, 3.63) is 26.8 Å². The highest BCUT2D eigenvalue weighted by Crippen LogP contribution is 2.30. The van der Waals surface area contributed by atoms with Gasteiger partial charge in [0.25, 0.3) is 0 Å². The van der Waals surface area contributed by atoms with Crippen LogP contribution in [0.2, 0.25) is 5.02 Å². The van der Waals surface area contributed by atoms with Crippen molar-refractivity contribution >= 4 is 39.9 Å². The third-order valence-electron chi connectivity index (χ3n) is 3.65. The van der Waals surface area contributed by atoms with Crippen molar-refractivity contribution in [1.82, 2.24) is 0 Å². The van der Waals surface area contributed by atoms with E-state index in [4.69, 9.17) is 11.6 Å². The van der Waals surface area contributed by atoms with Crippen LogP contribution in [0.25, 0.3) is 0 Å². The lowest BCUT2D eigenvalue weighted by Crippen LogP contribution is -2.27. The van der Waals surface area contributed by atoms with Crippen molar-refractivity contribution in [3.63, 3.8) is 0 Å². The van der Waals surface area contributed by atoms with Gasteiger partial charge in [-0.2, -0.15) is 0 Å². The molecule has 1 aliphatic carbocycles. The molecule has 2 unspecified atom stereocenters. The molecule has 1 aliphatic rings. The van der Waals surface area contributed by atoms with Gasteiger partial charge in [0.1, 0.15) is 0 Å². The zero-order valence-electron chi connectivity index (χ0n) is 10.2. The number of hydrogen-bond acceptors (Lipinski definition) is 1. The van der Waals surface area contributed by atoms with E-state index in [1.807, 2.05) is 12.1 Å². The van der Waals surface area contributed by atoms with Crippen LogP contribution in [0.15, 0.2) is 18.2 Å². The fourth-order valence-electron chi connectivity index (χ4n) is 2.62. The molecule has 2 rings (SSSR count). The summed E-state index contributed by atoms with van der Waals surface area (Å²) in [5.41, 5.74) is 1.23. The highest BCUT2D eigenvalue weighted by atomic mass is 127. The van der Waals surface area contributed by atoms with E-state index in [1.165, 1.54) is 41.4 Å². The molecule has 1 aromatic carbocycles. The normalized spacial score (nSPS) is 24.6. The maximum Gasteiger partial charge on any atom is 0.0479 e. The zero-order valence-corrected chi connectivity index (χ0v) is 13.1. The third-order valence-corrected chi connectivity index (χ3v) is 4.78. The van der Waals surface area contributed by atoms with Gasteiger partial charge in [-0.3, -0.25) is 0 Å². The number of nitrogens with one attached hydrogen (secondary N) is 1. The molecule has 1 nitrogen and oxygen atoms in total. The minimum absolute atomic E-state index is 0.642. The monoisotopic (exact) mass is 363 g/mol. The van der Waals surface area contributed by atoms with Gasteiger partial charge in [0.2, 0.25) is 0 Å². The molecule has 0 saturated heterocycles. The largest absolute Gasteiger partial charge is 0.381 e. The molecule has 2 atom stereocenters. The molecular weight excluding hydrogens is 345 g/mol. The Labute approximate surface area is 122 Å². The molecule has 1 aromatic rings. The topological polar surface area (TPSA) is 12.0 Å². The summed E-state index contributed by atoms with van der Waals surface area (Å²) in [5, 5.41) is 4.49. The van der Waals surface area contributed by atoms with Crippen LogP contribution in [0.3, 0.4) is 0 Å². The highest BCUT2D eigenvalue weighted by Gasteiger charge is 2.20. The van der Waals surface area contributed by atoms with Gasteiger partial charge in [0, 0.05) is 20.3 Å². The summed E-state index contributed by atoms with van der Waals surface area (Å²) in [6.45, 7) is 2.30. The number of hydrogen-bond donors (Lipinski definition) is 1. The second kappa shape index (κ2) is 6.28. The smallest absolute Gasteiger partial charge is 0.0479 e. The predicted molar refractivity (Wildman–Crippen MR) is 83.8 cm³/mol. The molecule has 94 valence electrons. The summed E-state index contributed by atoms with van der Waals surface area (Å²) >= 11 is 8.32. The molecule has 17 heavy (non-hydrogen) atoms. The van der Waals surface area contributed by atoms with Gasteiger partial charge < -0.3 is 5.32 Å². The van der Waals surface area contributed by atoms with Crippen molar-refractivity contribution in [2.45, 2.75) is 45.1 Å². The van der Waals surface area contributed by atoms with Crippen molar-refractivity contribution < 1.29 is 0 Å². The van der Waals surface area contributed by atoms with E-state index in [2.05, 4.69) is 40.9 Å². The van der Waals surface area contributed by atoms with Gasteiger partial charge >= 0.3 is 0 Å². The lowest BCUT2D eigenvalue weighted by atomic mass is 9.84. The summed E-state index contributed by atoms with van der Waals surface area (Å²) in [4.78, 5) is 0. The fraction of sp³-hybridized carbons (Fsp3) is 0.571. The Morgan fingerprint density at radius 1 is 1.41 bits per heavy atom. The summed E-state index contributed by atoms with van der Waals surface area (Å²) in [6, 6.07) is 6.72. The van der Waals surface area contributed by atoms with E-state index in [0.29, 0.717) is 6.04 Å². The first kappa shape index (κ1) is 13.5. The van der Waals surface area contributed by atoms with E-state index >= 15 is 0 Å². The van der Waals surface area contributed by atoms with Crippen molar-refractivity contribution in [2.75, 3.05) is 5.32 Å². The Morgan fingerprint density at radius 2 is 2.24 bits per heavy atom. The van der Waals surface area contributed by atoms with Crippen molar-refractivity contribution in [3.8, 4) is 0 Å². The van der Waals surface area contributed by atoms with Crippen LogP contribution in [0.5, 0.6) is 0 Å². The van der Waals surface area contributed by atoms with Crippen molar-refractivity contribution in [1.29, 1.82) is 0 Å². The number of rotatable bonds is 3. The second-order valence-electron chi connectivity index (χ2n) is 4.91. The summed E-state index contributed by atoms with van der Waals surface area (Å²) in [7, 11) is 0. The minimum atomic E-state index is 0.642. The van der Waals surface area contributed by atoms with Gasteiger partial charge in [0.05, 0.1) is 0 Å². The Bertz CT molecular complexity index is 380. The van der Waals surface area contributed by atoms with Crippen LogP contribution >= 0.6 is 34.2 Å². The van der Waals surface area contributed by atoms with E-state index in [9.17, 15) is 0 Å². The molecule has 1 fully saturated rings. The third kappa shape index (κ3) is 3.75. The van der Waals surface area contributed by atoms with Crippen LogP contribution in [0, 0.1) is 9.49 Å². The lowest BCUT2D eigenvalue weighted by molar-refractivity contribution is 0.327. The van der Waals surface area contributed by atoms with Crippen LogP contribution in [-0.4, -0.2) is 6.04 Å². The Hall–Kier alpha value is 0.0400. The average Bonchev–Trinajstić information content (AvgIpc) is 2.33. The number of anilines is 1. The summed E-state index contributed by atoms with van der Waals surface area (Å²) in [6.07, 6.45) is 6.70. The Morgan fingerprint density at radius 3 is 2.94 bits per heavy atom. The molecule has 0 aromatic heterocycles. The molecule has 1 saturated carbocycles. The van der Waals surface area contributed by atoms with Gasteiger partial charge in [-0.15, -0.1) is 0 Å². The van der Waals surface area contributed by atoms with Gasteiger partial charge in [-0.05, 0) is 59.5 Å².